The fourth-order valence-electron chi connectivity index (χ4n) is 2.33. The van der Waals surface area contributed by atoms with Gasteiger partial charge in [0.2, 0.25) is 0 Å². The smallest absolute Gasteiger partial charge is 0.188 e. The highest BCUT2D eigenvalue weighted by atomic mass is 16.3. The van der Waals surface area contributed by atoms with Gasteiger partial charge in [0, 0.05) is 6.04 Å². The summed E-state index contributed by atoms with van der Waals surface area (Å²) in [5.74, 6) is 0.711. The number of hydrogen-bond acceptors (Lipinski definition) is 5. The van der Waals surface area contributed by atoms with Crippen LogP contribution in [-0.4, -0.2) is 49.4 Å². The van der Waals surface area contributed by atoms with E-state index in [9.17, 15) is 5.11 Å². The third-order valence-corrected chi connectivity index (χ3v) is 3.20. The molecule has 0 saturated heterocycles. The maximum Gasteiger partial charge on any atom is 0.188 e. The first-order valence-electron chi connectivity index (χ1n) is 5.78. The van der Waals surface area contributed by atoms with Crippen LogP contribution in [0, 0.1) is 0 Å². The molecular weight excluding hydrogens is 206 g/mol. The number of likely N-dealkylation sites (N-methyl/N-ethyl adjacent to an activating group) is 1. The highest BCUT2D eigenvalue weighted by Crippen LogP contribution is 2.22. The van der Waals surface area contributed by atoms with Crippen LogP contribution in [0.25, 0.3) is 0 Å². The quantitative estimate of drug-likeness (QED) is 0.781. The van der Waals surface area contributed by atoms with Crippen LogP contribution in [0.3, 0.4) is 0 Å². The van der Waals surface area contributed by atoms with Gasteiger partial charge in [-0.15, -0.1) is 10.2 Å². The molecular formula is C10H19N5O. The number of hydrogen-bond donors (Lipinski definition) is 1. The number of aromatic nitrogens is 4. The standard InChI is InChI=1S/C10H19N5O/c1-14(7-10-11-13-15(2)12-10)8-5-3-4-6-9(8)16/h8-9,16H,3-7H2,1-2H3. The summed E-state index contributed by atoms with van der Waals surface area (Å²) in [6, 6.07) is 0.234. The lowest BCUT2D eigenvalue weighted by Crippen LogP contribution is -2.43. The van der Waals surface area contributed by atoms with E-state index < -0.39 is 0 Å². The highest BCUT2D eigenvalue weighted by molar-refractivity contribution is 4.85. The Labute approximate surface area is 95.2 Å². The first-order valence-corrected chi connectivity index (χ1v) is 5.78. The van der Waals surface area contributed by atoms with Crippen molar-refractivity contribution in [3.63, 3.8) is 0 Å². The first-order chi connectivity index (χ1) is 7.66. The Hall–Kier alpha value is -1.01. The Balaban J connectivity index is 1.93. The normalized spacial score (nSPS) is 26.2. The molecule has 1 aliphatic rings. The second-order valence-electron chi connectivity index (χ2n) is 4.53. The van der Waals surface area contributed by atoms with Gasteiger partial charge in [-0.3, -0.25) is 4.90 Å². The predicted molar refractivity (Wildman–Crippen MR) is 58.5 cm³/mol. The molecule has 1 aromatic rings. The van der Waals surface area contributed by atoms with E-state index in [1.807, 2.05) is 7.05 Å². The van der Waals surface area contributed by atoms with Gasteiger partial charge in [-0.1, -0.05) is 12.8 Å². The predicted octanol–water partition coefficient (Wildman–Crippen LogP) is -0.0546. The zero-order valence-electron chi connectivity index (χ0n) is 9.87. The Morgan fingerprint density at radius 1 is 1.44 bits per heavy atom. The lowest BCUT2D eigenvalue weighted by atomic mass is 9.91. The second kappa shape index (κ2) is 4.88. The second-order valence-corrected chi connectivity index (χ2v) is 4.53. The van der Waals surface area contributed by atoms with E-state index in [0.29, 0.717) is 12.4 Å². The van der Waals surface area contributed by atoms with Gasteiger partial charge in [-0.2, -0.15) is 4.80 Å². The van der Waals surface area contributed by atoms with Crippen LogP contribution in [-0.2, 0) is 13.6 Å². The molecule has 16 heavy (non-hydrogen) atoms. The van der Waals surface area contributed by atoms with Crippen LogP contribution >= 0.6 is 0 Å². The molecule has 0 amide bonds. The van der Waals surface area contributed by atoms with Gasteiger partial charge in [0.05, 0.1) is 19.7 Å². The molecule has 0 radical (unpaired) electrons. The van der Waals surface area contributed by atoms with Crippen LogP contribution < -0.4 is 0 Å². The van der Waals surface area contributed by atoms with Crippen molar-refractivity contribution in [2.75, 3.05) is 7.05 Å². The maximum absolute atomic E-state index is 9.92. The summed E-state index contributed by atoms with van der Waals surface area (Å²) in [5, 5.41) is 21.8. The third-order valence-electron chi connectivity index (χ3n) is 3.20. The summed E-state index contributed by atoms with van der Waals surface area (Å²) in [6.45, 7) is 0.648. The molecule has 2 unspecified atom stereocenters. The Kier molecular flexibility index (Phi) is 3.50. The number of aliphatic hydroxyl groups is 1. The largest absolute Gasteiger partial charge is 0.391 e. The Morgan fingerprint density at radius 2 is 2.19 bits per heavy atom. The summed E-state index contributed by atoms with van der Waals surface area (Å²) in [5.41, 5.74) is 0. The van der Waals surface area contributed by atoms with E-state index in [1.54, 1.807) is 7.05 Å². The van der Waals surface area contributed by atoms with E-state index >= 15 is 0 Å². The van der Waals surface area contributed by atoms with Crippen molar-refractivity contribution in [2.45, 2.75) is 44.4 Å². The van der Waals surface area contributed by atoms with Gasteiger partial charge >= 0.3 is 0 Å². The molecule has 1 aromatic heterocycles. The molecule has 0 aromatic carbocycles. The van der Waals surface area contributed by atoms with Gasteiger partial charge in [-0.25, -0.2) is 0 Å². The molecule has 6 nitrogen and oxygen atoms in total. The zero-order chi connectivity index (χ0) is 11.5. The van der Waals surface area contributed by atoms with Crippen LogP contribution in [0.1, 0.15) is 31.5 Å². The summed E-state index contributed by atoms with van der Waals surface area (Å²) in [4.78, 5) is 3.58. The van der Waals surface area contributed by atoms with Gasteiger partial charge in [0.25, 0.3) is 0 Å². The van der Waals surface area contributed by atoms with Crippen molar-refractivity contribution in [1.29, 1.82) is 0 Å². The number of nitrogens with zero attached hydrogens (tertiary/aromatic N) is 5. The van der Waals surface area contributed by atoms with E-state index in [4.69, 9.17) is 0 Å². The lowest BCUT2D eigenvalue weighted by Gasteiger charge is -2.34. The molecule has 6 heteroatoms. The fourth-order valence-corrected chi connectivity index (χ4v) is 2.33. The topological polar surface area (TPSA) is 67.1 Å². The molecule has 90 valence electrons. The average Bonchev–Trinajstić information content (AvgIpc) is 2.64. The van der Waals surface area contributed by atoms with E-state index in [2.05, 4.69) is 20.3 Å². The maximum atomic E-state index is 9.92. The van der Waals surface area contributed by atoms with Crippen LogP contribution in [0.2, 0.25) is 0 Å². The van der Waals surface area contributed by atoms with Crippen molar-refractivity contribution < 1.29 is 5.11 Å². The van der Waals surface area contributed by atoms with Crippen molar-refractivity contribution in [1.82, 2.24) is 25.1 Å². The fraction of sp³-hybridized carbons (Fsp3) is 0.900. The molecule has 1 saturated carbocycles. The number of rotatable bonds is 3. The van der Waals surface area contributed by atoms with Gasteiger partial charge in [-0.05, 0) is 25.1 Å². The summed E-state index contributed by atoms with van der Waals surface area (Å²) < 4.78 is 0. The number of tetrazole rings is 1. The van der Waals surface area contributed by atoms with Crippen LogP contribution in [0.15, 0.2) is 0 Å². The minimum Gasteiger partial charge on any atom is -0.391 e. The molecule has 1 fully saturated rings. The molecule has 1 heterocycles. The minimum absolute atomic E-state index is 0.213. The lowest BCUT2D eigenvalue weighted by molar-refractivity contribution is 0.0278. The average molecular weight is 225 g/mol. The van der Waals surface area contributed by atoms with E-state index in [1.165, 1.54) is 11.2 Å². The van der Waals surface area contributed by atoms with Crippen molar-refractivity contribution in [3.8, 4) is 0 Å². The first kappa shape index (κ1) is 11.5. The van der Waals surface area contributed by atoms with Crippen molar-refractivity contribution in [2.24, 2.45) is 7.05 Å². The van der Waals surface area contributed by atoms with Crippen molar-refractivity contribution >= 4 is 0 Å². The Bertz CT molecular complexity index is 340. The molecule has 0 aliphatic heterocycles. The minimum atomic E-state index is -0.213. The van der Waals surface area contributed by atoms with Crippen molar-refractivity contribution in [3.05, 3.63) is 5.82 Å². The van der Waals surface area contributed by atoms with Crippen LogP contribution in [0.4, 0.5) is 0 Å². The van der Waals surface area contributed by atoms with Gasteiger partial charge < -0.3 is 5.11 Å². The molecule has 1 aliphatic carbocycles. The van der Waals surface area contributed by atoms with E-state index in [-0.39, 0.29) is 12.1 Å². The Morgan fingerprint density at radius 3 is 2.81 bits per heavy atom. The third kappa shape index (κ3) is 2.56. The molecule has 2 atom stereocenters. The summed E-state index contributed by atoms with van der Waals surface area (Å²) in [6.07, 6.45) is 4.07. The molecule has 1 N–H and O–H groups in total. The number of aliphatic hydroxyl groups excluding tert-OH is 1. The van der Waals surface area contributed by atoms with Gasteiger partial charge in [0.15, 0.2) is 5.82 Å². The number of aryl methyl sites for hydroxylation is 1. The van der Waals surface area contributed by atoms with Crippen LogP contribution in [0.5, 0.6) is 0 Å². The molecule has 0 bridgehead atoms. The highest BCUT2D eigenvalue weighted by Gasteiger charge is 2.27. The van der Waals surface area contributed by atoms with Gasteiger partial charge in [0.1, 0.15) is 0 Å². The summed E-state index contributed by atoms with van der Waals surface area (Å²) >= 11 is 0. The molecule has 2 rings (SSSR count). The molecule has 0 spiro atoms. The SMILES string of the molecule is CN(Cc1nnn(C)n1)C1CCCCC1O. The van der Waals surface area contributed by atoms with E-state index in [0.717, 1.165) is 19.3 Å². The monoisotopic (exact) mass is 225 g/mol. The zero-order valence-corrected chi connectivity index (χ0v) is 9.87. The summed E-state index contributed by atoms with van der Waals surface area (Å²) in [7, 11) is 3.77.